The van der Waals surface area contributed by atoms with Crippen LogP contribution in [0.15, 0.2) is 42.7 Å². The molecule has 1 N–H and O–H groups in total. The second-order valence-corrected chi connectivity index (χ2v) is 7.53. The van der Waals surface area contributed by atoms with Crippen LogP contribution in [-0.4, -0.2) is 53.1 Å². The average molecular weight is 384 g/mol. The van der Waals surface area contributed by atoms with Gasteiger partial charge in [-0.3, -0.25) is 4.68 Å². The molecule has 28 heavy (non-hydrogen) atoms. The van der Waals surface area contributed by atoms with Crippen molar-refractivity contribution in [1.82, 2.24) is 14.7 Å². The summed E-state index contributed by atoms with van der Waals surface area (Å²) in [6.45, 7) is 3.77. The number of likely N-dealkylation sites (tertiary alicyclic amines) is 1. The lowest BCUT2D eigenvalue weighted by atomic mass is 9.97. The summed E-state index contributed by atoms with van der Waals surface area (Å²) in [5, 5.41) is 7.30. The van der Waals surface area contributed by atoms with E-state index in [0.29, 0.717) is 24.0 Å². The molecule has 150 valence electrons. The predicted molar refractivity (Wildman–Crippen MR) is 106 cm³/mol. The molecule has 1 aromatic heterocycles. The SMILES string of the molecule is O=C(Nc1ccccc1OCC1CCCO1)N1CCC(Cn2cccn2)CC1. The van der Waals surface area contributed by atoms with E-state index >= 15 is 0 Å². The van der Waals surface area contributed by atoms with Crippen molar-refractivity contribution in [3.05, 3.63) is 42.7 Å². The van der Waals surface area contributed by atoms with Crippen molar-refractivity contribution in [2.75, 3.05) is 31.6 Å². The zero-order valence-electron chi connectivity index (χ0n) is 16.1. The number of hydrogen-bond acceptors (Lipinski definition) is 4. The van der Waals surface area contributed by atoms with Gasteiger partial charge in [0.05, 0.1) is 11.8 Å². The Morgan fingerprint density at radius 3 is 2.82 bits per heavy atom. The van der Waals surface area contributed by atoms with E-state index in [4.69, 9.17) is 9.47 Å². The summed E-state index contributed by atoms with van der Waals surface area (Å²) < 4.78 is 13.5. The number of anilines is 1. The quantitative estimate of drug-likeness (QED) is 0.829. The lowest BCUT2D eigenvalue weighted by Gasteiger charge is -2.32. The monoisotopic (exact) mass is 384 g/mol. The van der Waals surface area contributed by atoms with Gasteiger partial charge in [0.2, 0.25) is 0 Å². The molecule has 1 unspecified atom stereocenters. The number of nitrogens with zero attached hydrogens (tertiary/aromatic N) is 3. The number of benzene rings is 1. The van der Waals surface area contributed by atoms with Crippen LogP contribution >= 0.6 is 0 Å². The van der Waals surface area contributed by atoms with E-state index in [-0.39, 0.29) is 12.1 Å². The second-order valence-electron chi connectivity index (χ2n) is 7.53. The van der Waals surface area contributed by atoms with E-state index in [1.807, 2.05) is 46.1 Å². The first-order chi connectivity index (χ1) is 13.8. The molecule has 0 spiro atoms. The molecule has 1 aromatic carbocycles. The van der Waals surface area contributed by atoms with Gasteiger partial charge in [-0.2, -0.15) is 5.10 Å². The molecule has 7 nitrogen and oxygen atoms in total. The minimum atomic E-state index is -0.0642. The number of carbonyl (C=O) groups excluding carboxylic acids is 1. The fraction of sp³-hybridized carbons (Fsp3) is 0.524. The van der Waals surface area contributed by atoms with Gasteiger partial charge in [0.25, 0.3) is 0 Å². The summed E-state index contributed by atoms with van der Waals surface area (Å²) in [4.78, 5) is 14.6. The Balaban J connectivity index is 1.28. The van der Waals surface area contributed by atoms with E-state index in [2.05, 4.69) is 10.4 Å². The number of ether oxygens (including phenoxy) is 2. The largest absolute Gasteiger partial charge is 0.489 e. The number of amides is 2. The van der Waals surface area contributed by atoms with E-state index in [1.165, 1.54) is 0 Å². The number of rotatable bonds is 6. The highest BCUT2D eigenvalue weighted by atomic mass is 16.5. The molecule has 2 aliphatic heterocycles. The molecule has 1 atom stereocenters. The van der Waals surface area contributed by atoms with Gasteiger partial charge in [0.15, 0.2) is 0 Å². The van der Waals surface area contributed by atoms with E-state index in [1.54, 1.807) is 6.20 Å². The maximum Gasteiger partial charge on any atom is 0.321 e. The molecule has 2 aliphatic rings. The van der Waals surface area contributed by atoms with Crippen LogP contribution in [0.3, 0.4) is 0 Å². The summed E-state index contributed by atoms with van der Waals surface area (Å²) in [5.41, 5.74) is 0.712. The van der Waals surface area contributed by atoms with Crippen molar-refractivity contribution < 1.29 is 14.3 Å². The molecule has 3 heterocycles. The first-order valence-corrected chi connectivity index (χ1v) is 10.1. The van der Waals surface area contributed by atoms with Crippen molar-refractivity contribution in [2.24, 2.45) is 5.92 Å². The number of carbonyl (C=O) groups is 1. The smallest absolute Gasteiger partial charge is 0.321 e. The third kappa shape index (κ3) is 4.84. The van der Waals surface area contributed by atoms with Gasteiger partial charge in [-0.05, 0) is 49.8 Å². The average Bonchev–Trinajstić information content (AvgIpc) is 3.42. The molecule has 7 heteroatoms. The van der Waals surface area contributed by atoms with Crippen molar-refractivity contribution in [3.8, 4) is 5.75 Å². The Labute approximate surface area is 165 Å². The standard InChI is InChI=1S/C21H28N4O3/c26-21(24-12-8-17(9-13-24)15-25-11-4-10-22-25)23-19-6-1-2-7-20(19)28-16-18-5-3-14-27-18/h1-2,4,6-7,10-11,17-18H,3,5,8-9,12-16H2,(H,23,26). The molecular formula is C21H28N4O3. The highest BCUT2D eigenvalue weighted by Gasteiger charge is 2.24. The van der Waals surface area contributed by atoms with Crippen LogP contribution in [0.5, 0.6) is 5.75 Å². The number of para-hydroxylation sites is 2. The van der Waals surface area contributed by atoms with E-state index in [9.17, 15) is 4.79 Å². The summed E-state index contributed by atoms with van der Waals surface area (Å²) in [7, 11) is 0. The first kappa shape index (κ1) is 18.8. The van der Waals surface area contributed by atoms with Crippen LogP contribution < -0.4 is 10.1 Å². The van der Waals surface area contributed by atoms with Crippen molar-refractivity contribution >= 4 is 11.7 Å². The molecule has 2 aromatic rings. The van der Waals surface area contributed by atoms with Gasteiger partial charge < -0.3 is 19.7 Å². The zero-order valence-corrected chi connectivity index (χ0v) is 16.1. The van der Waals surface area contributed by atoms with Gasteiger partial charge in [-0.25, -0.2) is 4.79 Å². The number of aromatic nitrogens is 2. The number of piperidine rings is 1. The fourth-order valence-corrected chi connectivity index (χ4v) is 3.84. The molecule has 2 saturated heterocycles. The zero-order chi connectivity index (χ0) is 19.2. The molecule has 4 rings (SSSR count). The molecule has 2 amide bonds. The van der Waals surface area contributed by atoms with Crippen LogP contribution in [0.25, 0.3) is 0 Å². The second kappa shape index (κ2) is 9.10. The van der Waals surface area contributed by atoms with Crippen LogP contribution in [0.1, 0.15) is 25.7 Å². The van der Waals surface area contributed by atoms with E-state index < -0.39 is 0 Å². The van der Waals surface area contributed by atoms with Crippen LogP contribution in [0, 0.1) is 5.92 Å². The molecule has 0 saturated carbocycles. The molecule has 0 bridgehead atoms. The summed E-state index contributed by atoms with van der Waals surface area (Å²) in [5.74, 6) is 1.26. The topological polar surface area (TPSA) is 68.6 Å². The molecule has 2 fully saturated rings. The molecule has 0 aliphatic carbocycles. The first-order valence-electron chi connectivity index (χ1n) is 10.1. The molecular weight excluding hydrogens is 356 g/mol. The fourth-order valence-electron chi connectivity index (χ4n) is 3.84. The minimum absolute atomic E-state index is 0.0642. The maximum atomic E-state index is 12.7. The van der Waals surface area contributed by atoms with Crippen LogP contribution in [0.4, 0.5) is 10.5 Å². The van der Waals surface area contributed by atoms with E-state index in [0.717, 1.165) is 51.9 Å². The van der Waals surface area contributed by atoms with Crippen molar-refractivity contribution in [1.29, 1.82) is 0 Å². The Morgan fingerprint density at radius 2 is 2.07 bits per heavy atom. The minimum Gasteiger partial charge on any atom is -0.489 e. The number of urea groups is 1. The summed E-state index contributed by atoms with van der Waals surface area (Å²) >= 11 is 0. The summed E-state index contributed by atoms with van der Waals surface area (Å²) in [6, 6.07) is 9.48. The third-order valence-electron chi connectivity index (χ3n) is 5.48. The molecule has 0 radical (unpaired) electrons. The number of hydrogen-bond donors (Lipinski definition) is 1. The van der Waals surface area contributed by atoms with Gasteiger partial charge in [0.1, 0.15) is 12.4 Å². The third-order valence-corrected chi connectivity index (χ3v) is 5.48. The lowest BCUT2D eigenvalue weighted by molar-refractivity contribution is 0.0682. The van der Waals surface area contributed by atoms with Gasteiger partial charge >= 0.3 is 6.03 Å². The van der Waals surface area contributed by atoms with Gasteiger partial charge in [-0.1, -0.05) is 12.1 Å². The Morgan fingerprint density at radius 1 is 1.21 bits per heavy atom. The lowest BCUT2D eigenvalue weighted by Crippen LogP contribution is -2.41. The Bertz CT molecular complexity index is 751. The predicted octanol–water partition coefficient (Wildman–Crippen LogP) is 3.39. The van der Waals surface area contributed by atoms with Crippen LogP contribution in [0.2, 0.25) is 0 Å². The highest BCUT2D eigenvalue weighted by molar-refractivity contribution is 5.91. The van der Waals surface area contributed by atoms with Crippen molar-refractivity contribution in [2.45, 2.75) is 38.3 Å². The Hall–Kier alpha value is -2.54. The van der Waals surface area contributed by atoms with Crippen molar-refractivity contribution in [3.63, 3.8) is 0 Å². The normalized spacial score (nSPS) is 20.3. The highest BCUT2D eigenvalue weighted by Crippen LogP contribution is 2.26. The van der Waals surface area contributed by atoms with Crippen LogP contribution in [-0.2, 0) is 11.3 Å². The maximum absolute atomic E-state index is 12.7. The number of nitrogens with one attached hydrogen (secondary N) is 1. The summed E-state index contributed by atoms with van der Waals surface area (Å²) in [6.07, 6.45) is 8.05. The van der Waals surface area contributed by atoms with Gasteiger partial charge in [0, 0.05) is 38.6 Å². The van der Waals surface area contributed by atoms with Gasteiger partial charge in [-0.15, -0.1) is 0 Å². The Kier molecular flexibility index (Phi) is 6.11.